The van der Waals surface area contributed by atoms with Crippen molar-refractivity contribution < 1.29 is 4.79 Å². The van der Waals surface area contributed by atoms with Gasteiger partial charge in [-0.15, -0.1) is 11.3 Å². The zero-order valence-corrected chi connectivity index (χ0v) is 12.5. The summed E-state index contributed by atoms with van der Waals surface area (Å²) in [5.41, 5.74) is 0.814. The van der Waals surface area contributed by atoms with Gasteiger partial charge in [0.15, 0.2) is 5.13 Å². The lowest BCUT2D eigenvalue weighted by Crippen LogP contribution is -2.09. The fourth-order valence-electron chi connectivity index (χ4n) is 1.55. The number of hydrogen-bond acceptors (Lipinski definition) is 4. The molecule has 0 aliphatic heterocycles. The molecule has 3 nitrogen and oxygen atoms in total. The van der Waals surface area contributed by atoms with Crippen molar-refractivity contribution in [3.63, 3.8) is 0 Å². The van der Waals surface area contributed by atoms with Crippen LogP contribution in [-0.4, -0.2) is 10.9 Å². The van der Waals surface area contributed by atoms with Crippen LogP contribution in [0.5, 0.6) is 0 Å². The van der Waals surface area contributed by atoms with Crippen LogP contribution in [0.25, 0.3) is 10.2 Å². The van der Waals surface area contributed by atoms with E-state index in [0.29, 0.717) is 19.4 Å². The molecular weight excluding hydrogens is 323 g/mol. The Kier molecular flexibility index (Phi) is 3.45. The van der Waals surface area contributed by atoms with Gasteiger partial charge in [0, 0.05) is 5.02 Å². The number of thiazole rings is 1. The molecule has 2 aromatic heterocycles. The molecule has 0 spiro atoms. The van der Waals surface area contributed by atoms with E-state index in [-0.39, 0.29) is 5.91 Å². The van der Waals surface area contributed by atoms with Gasteiger partial charge in [0.2, 0.25) is 0 Å². The maximum absolute atomic E-state index is 12.0. The third-order valence-electron chi connectivity index (χ3n) is 2.37. The summed E-state index contributed by atoms with van der Waals surface area (Å²) in [5, 5.41) is 3.96. The maximum atomic E-state index is 12.0. The molecule has 2 heterocycles. The van der Waals surface area contributed by atoms with Crippen LogP contribution in [0.1, 0.15) is 9.67 Å². The highest BCUT2D eigenvalue weighted by Crippen LogP contribution is 2.29. The monoisotopic (exact) mass is 328 g/mol. The molecule has 0 fully saturated rings. The van der Waals surface area contributed by atoms with Crippen LogP contribution in [0.4, 0.5) is 5.13 Å². The molecule has 0 bridgehead atoms. The van der Waals surface area contributed by atoms with E-state index in [9.17, 15) is 4.79 Å². The zero-order chi connectivity index (χ0) is 13.4. The van der Waals surface area contributed by atoms with Crippen molar-refractivity contribution in [2.24, 2.45) is 0 Å². The summed E-state index contributed by atoms with van der Waals surface area (Å²) >= 11 is 14.3. The number of halogens is 2. The first-order valence-corrected chi connectivity index (χ1v) is 7.63. The topological polar surface area (TPSA) is 42.0 Å². The minimum Gasteiger partial charge on any atom is -0.297 e. The molecule has 96 valence electrons. The summed E-state index contributed by atoms with van der Waals surface area (Å²) in [7, 11) is 0. The van der Waals surface area contributed by atoms with Crippen LogP contribution in [-0.2, 0) is 0 Å². The molecule has 1 amide bonds. The summed E-state index contributed by atoms with van der Waals surface area (Å²) in [6.07, 6.45) is 0. The number of aromatic nitrogens is 1. The second-order valence-corrected chi connectivity index (χ2v) is 6.87. The lowest BCUT2D eigenvalue weighted by atomic mass is 10.3. The molecule has 0 unspecified atom stereocenters. The van der Waals surface area contributed by atoms with Gasteiger partial charge in [-0.05, 0) is 30.3 Å². The first kappa shape index (κ1) is 12.9. The Labute approximate surface area is 126 Å². The van der Waals surface area contributed by atoms with Crippen LogP contribution in [0, 0.1) is 0 Å². The third kappa shape index (κ3) is 2.74. The predicted molar refractivity (Wildman–Crippen MR) is 81.9 cm³/mol. The minimum atomic E-state index is -0.206. The fraction of sp³-hybridized carbons (Fsp3) is 0. The number of carbonyl (C=O) groups is 1. The maximum Gasteiger partial charge on any atom is 0.267 e. The Morgan fingerprint density at radius 2 is 2.00 bits per heavy atom. The summed E-state index contributed by atoms with van der Waals surface area (Å²) in [6, 6.07) is 8.80. The van der Waals surface area contributed by atoms with Gasteiger partial charge in [-0.1, -0.05) is 34.5 Å². The van der Waals surface area contributed by atoms with Crippen molar-refractivity contribution >= 4 is 67.1 Å². The molecule has 0 aliphatic carbocycles. The van der Waals surface area contributed by atoms with Gasteiger partial charge in [0.05, 0.1) is 19.4 Å². The van der Waals surface area contributed by atoms with Gasteiger partial charge in [-0.2, -0.15) is 0 Å². The largest absolute Gasteiger partial charge is 0.297 e. The highest BCUT2D eigenvalue weighted by Gasteiger charge is 2.12. The number of fused-ring (bicyclic) bond motifs is 1. The molecule has 19 heavy (non-hydrogen) atoms. The number of carbonyl (C=O) groups excluding carboxylic acids is 1. The van der Waals surface area contributed by atoms with Gasteiger partial charge in [-0.3, -0.25) is 10.1 Å². The molecular formula is C12H6Cl2N2OS2. The van der Waals surface area contributed by atoms with Crippen molar-refractivity contribution in [3.8, 4) is 0 Å². The number of benzene rings is 1. The number of nitrogens with one attached hydrogen (secondary N) is 1. The summed E-state index contributed by atoms with van der Waals surface area (Å²) < 4.78 is 1.52. The second-order valence-electron chi connectivity index (χ2n) is 3.69. The average molecular weight is 329 g/mol. The van der Waals surface area contributed by atoms with E-state index in [2.05, 4.69) is 10.3 Å². The number of amides is 1. The molecule has 3 rings (SSSR count). The van der Waals surface area contributed by atoms with Crippen molar-refractivity contribution in [1.29, 1.82) is 0 Å². The van der Waals surface area contributed by atoms with E-state index < -0.39 is 0 Å². The first-order valence-electron chi connectivity index (χ1n) is 5.24. The molecule has 1 aromatic carbocycles. The van der Waals surface area contributed by atoms with Gasteiger partial charge in [-0.25, -0.2) is 4.98 Å². The molecule has 0 aliphatic rings. The third-order valence-corrected chi connectivity index (χ3v) is 4.77. The average Bonchev–Trinajstić information content (AvgIpc) is 2.94. The van der Waals surface area contributed by atoms with Crippen LogP contribution < -0.4 is 5.32 Å². The standard InChI is InChI=1S/C12H6Cl2N2OS2/c13-6-1-2-7-9(5-6)19-12(15-7)16-11(17)8-3-4-10(14)18-8/h1-5H,(H,15,16,17). The smallest absolute Gasteiger partial charge is 0.267 e. The molecule has 7 heteroatoms. The second kappa shape index (κ2) is 5.09. The van der Waals surface area contributed by atoms with Gasteiger partial charge in [0.1, 0.15) is 0 Å². The van der Waals surface area contributed by atoms with Gasteiger partial charge >= 0.3 is 0 Å². The highest BCUT2D eigenvalue weighted by molar-refractivity contribution is 7.22. The zero-order valence-electron chi connectivity index (χ0n) is 9.31. The summed E-state index contributed by atoms with van der Waals surface area (Å²) in [4.78, 5) is 16.8. The molecule has 0 saturated carbocycles. The predicted octanol–water partition coefficient (Wildman–Crippen LogP) is 4.92. The number of anilines is 1. The van der Waals surface area contributed by atoms with Gasteiger partial charge < -0.3 is 0 Å². The van der Waals surface area contributed by atoms with Crippen molar-refractivity contribution in [2.75, 3.05) is 5.32 Å². The molecule has 1 N–H and O–H groups in total. The lowest BCUT2D eigenvalue weighted by Gasteiger charge is -1.96. The minimum absolute atomic E-state index is 0.206. The number of rotatable bonds is 2. The van der Waals surface area contributed by atoms with Crippen molar-refractivity contribution in [3.05, 3.63) is 44.6 Å². The molecule has 3 aromatic rings. The van der Waals surface area contributed by atoms with Gasteiger partial charge in [0.25, 0.3) is 5.91 Å². The van der Waals surface area contributed by atoms with Crippen LogP contribution >= 0.6 is 45.9 Å². The lowest BCUT2D eigenvalue weighted by molar-refractivity contribution is 0.103. The van der Waals surface area contributed by atoms with E-state index in [1.165, 1.54) is 22.7 Å². The van der Waals surface area contributed by atoms with Crippen LogP contribution in [0.15, 0.2) is 30.3 Å². The van der Waals surface area contributed by atoms with E-state index >= 15 is 0 Å². The fourth-order valence-corrected chi connectivity index (χ4v) is 3.62. The highest BCUT2D eigenvalue weighted by atomic mass is 35.5. The molecule has 0 radical (unpaired) electrons. The SMILES string of the molecule is O=C(Nc1nc2ccc(Cl)cc2s1)c1ccc(Cl)s1. The normalized spacial score (nSPS) is 10.8. The van der Waals surface area contributed by atoms with Crippen molar-refractivity contribution in [2.45, 2.75) is 0 Å². The van der Waals surface area contributed by atoms with Crippen LogP contribution in [0.3, 0.4) is 0 Å². The first-order chi connectivity index (χ1) is 9.11. The number of nitrogens with zero attached hydrogens (tertiary/aromatic N) is 1. The Hall–Kier alpha value is -1.14. The van der Waals surface area contributed by atoms with E-state index in [1.807, 2.05) is 12.1 Å². The molecule has 0 atom stereocenters. The summed E-state index contributed by atoms with van der Waals surface area (Å²) in [5.74, 6) is -0.206. The van der Waals surface area contributed by atoms with Crippen LogP contribution in [0.2, 0.25) is 9.36 Å². The van der Waals surface area contributed by atoms with E-state index in [1.54, 1.807) is 18.2 Å². The Morgan fingerprint density at radius 3 is 2.74 bits per heavy atom. The summed E-state index contributed by atoms with van der Waals surface area (Å²) in [6.45, 7) is 0. The molecule has 0 saturated heterocycles. The Bertz CT molecular complexity index is 766. The Morgan fingerprint density at radius 1 is 1.16 bits per heavy atom. The van der Waals surface area contributed by atoms with E-state index in [0.717, 1.165) is 10.2 Å². The van der Waals surface area contributed by atoms with E-state index in [4.69, 9.17) is 23.2 Å². The van der Waals surface area contributed by atoms with Crippen molar-refractivity contribution in [1.82, 2.24) is 4.98 Å². The number of hydrogen-bond donors (Lipinski definition) is 1. The Balaban J connectivity index is 1.87. The number of thiophene rings is 1. The quantitative estimate of drug-likeness (QED) is 0.725.